The van der Waals surface area contributed by atoms with Crippen LogP contribution in [0, 0.1) is 6.92 Å². The van der Waals surface area contributed by atoms with Crippen LogP contribution < -0.4 is 5.56 Å². The van der Waals surface area contributed by atoms with E-state index < -0.39 is 0 Å². The Morgan fingerprint density at radius 1 is 1.16 bits per heavy atom. The number of rotatable bonds is 5. The van der Waals surface area contributed by atoms with Gasteiger partial charge in [-0.15, -0.1) is 32.9 Å². The second-order valence-corrected chi connectivity index (χ2v) is 10.4. The predicted octanol–water partition coefficient (Wildman–Crippen LogP) is 5.67. The molecule has 0 saturated carbocycles. The average Bonchev–Trinajstić information content (AvgIpc) is 3.48. The van der Waals surface area contributed by atoms with Gasteiger partial charge in [-0.2, -0.15) is 0 Å². The van der Waals surface area contributed by atoms with E-state index in [1.807, 2.05) is 53.6 Å². The Balaban J connectivity index is 1.45. The second kappa shape index (κ2) is 8.07. The molecule has 9 heteroatoms. The van der Waals surface area contributed by atoms with Gasteiger partial charge in [0, 0.05) is 28.4 Å². The summed E-state index contributed by atoms with van der Waals surface area (Å²) in [5, 5.41) is 14.1. The molecule has 0 amide bonds. The lowest BCUT2D eigenvalue weighted by molar-refractivity contribution is 0.786. The fraction of sp³-hybridized carbons (Fsp3) is 0.182. The Kier molecular flexibility index (Phi) is 5.25. The molecule has 4 heterocycles. The van der Waals surface area contributed by atoms with Gasteiger partial charge in [0.1, 0.15) is 10.7 Å². The van der Waals surface area contributed by atoms with Crippen LogP contribution in [0.1, 0.15) is 23.6 Å². The van der Waals surface area contributed by atoms with Crippen molar-refractivity contribution in [2.24, 2.45) is 7.05 Å². The lowest BCUT2D eigenvalue weighted by Crippen LogP contribution is -2.12. The maximum Gasteiger partial charge on any atom is 0.260 e. The number of nitrogens with zero attached hydrogens (tertiary/aromatic N) is 4. The van der Waals surface area contributed by atoms with Gasteiger partial charge in [0.25, 0.3) is 5.56 Å². The van der Waals surface area contributed by atoms with Gasteiger partial charge in [0.05, 0.1) is 10.6 Å². The van der Waals surface area contributed by atoms with Crippen LogP contribution in [0.5, 0.6) is 0 Å². The van der Waals surface area contributed by atoms with E-state index in [1.54, 1.807) is 11.3 Å². The van der Waals surface area contributed by atoms with Crippen LogP contribution in [-0.4, -0.2) is 24.7 Å². The number of aromatic nitrogens is 5. The van der Waals surface area contributed by atoms with E-state index in [-0.39, 0.29) is 10.8 Å². The number of nitrogens with one attached hydrogen (secondary N) is 1. The first-order valence-corrected chi connectivity index (χ1v) is 12.3. The van der Waals surface area contributed by atoms with Crippen LogP contribution in [0.3, 0.4) is 0 Å². The third-order valence-electron chi connectivity index (χ3n) is 5.03. The van der Waals surface area contributed by atoms with Gasteiger partial charge >= 0.3 is 0 Å². The lowest BCUT2D eigenvalue weighted by atomic mass is 10.1. The number of thiophene rings is 2. The molecule has 0 fully saturated rings. The van der Waals surface area contributed by atoms with Gasteiger partial charge in [-0.1, -0.05) is 41.6 Å². The minimum Gasteiger partial charge on any atom is -0.309 e. The quantitative estimate of drug-likeness (QED) is 0.338. The molecule has 0 aliphatic carbocycles. The highest BCUT2D eigenvalue weighted by Gasteiger charge is 2.20. The van der Waals surface area contributed by atoms with Gasteiger partial charge in [0.15, 0.2) is 11.0 Å². The number of thioether (sulfide) groups is 1. The van der Waals surface area contributed by atoms with Gasteiger partial charge < -0.3 is 9.55 Å². The first-order chi connectivity index (χ1) is 15.0. The minimum absolute atomic E-state index is 0.0855. The molecule has 0 spiro atoms. The summed E-state index contributed by atoms with van der Waals surface area (Å²) in [5.41, 5.74) is 3.06. The van der Waals surface area contributed by atoms with E-state index in [0.717, 1.165) is 31.8 Å². The van der Waals surface area contributed by atoms with Crippen molar-refractivity contribution < 1.29 is 0 Å². The summed E-state index contributed by atoms with van der Waals surface area (Å²) in [5.74, 6) is 1.45. The van der Waals surface area contributed by atoms with Gasteiger partial charge in [-0.25, -0.2) is 4.98 Å². The SMILES string of the molecule is Cc1cccc(-c2nnc(SC(C)c3nc4scc(-c5cccs5)c4c(=O)[nH]3)n2C)c1. The summed E-state index contributed by atoms with van der Waals surface area (Å²) >= 11 is 4.65. The molecule has 0 radical (unpaired) electrons. The third kappa shape index (κ3) is 3.73. The Labute approximate surface area is 191 Å². The van der Waals surface area contributed by atoms with Gasteiger partial charge in [-0.05, 0) is 31.4 Å². The Morgan fingerprint density at radius 2 is 2.03 bits per heavy atom. The van der Waals surface area contributed by atoms with Crippen LogP contribution in [0.15, 0.2) is 57.1 Å². The molecule has 4 aromatic heterocycles. The second-order valence-electron chi connectivity index (χ2n) is 7.25. The van der Waals surface area contributed by atoms with Crippen molar-refractivity contribution in [2.45, 2.75) is 24.3 Å². The number of aryl methyl sites for hydroxylation is 1. The molecule has 31 heavy (non-hydrogen) atoms. The summed E-state index contributed by atoms with van der Waals surface area (Å²) in [6, 6.07) is 12.2. The van der Waals surface area contributed by atoms with Crippen molar-refractivity contribution in [3.05, 3.63) is 68.9 Å². The minimum atomic E-state index is -0.101. The first-order valence-electron chi connectivity index (χ1n) is 9.69. The molecular weight excluding hydrogens is 446 g/mol. The van der Waals surface area contributed by atoms with Gasteiger partial charge in [-0.3, -0.25) is 4.79 Å². The average molecular weight is 466 g/mol. The molecule has 156 valence electrons. The number of benzene rings is 1. The highest BCUT2D eigenvalue weighted by atomic mass is 32.2. The van der Waals surface area contributed by atoms with E-state index in [4.69, 9.17) is 4.98 Å². The van der Waals surface area contributed by atoms with Crippen LogP contribution in [0.25, 0.3) is 32.0 Å². The Hall–Kier alpha value is -2.75. The lowest BCUT2D eigenvalue weighted by Gasteiger charge is -2.10. The molecule has 1 N–H and O–H groups in total. The molecule has 1 atom stereocenters. The summed E-state index contributed by atoms with van der Waals surface area (Å²) < 4.78 is 1.98. The van der Waals surface area contributed by atoms with Crippen molar-refractivity contribution in [3.63, 3.8) is 0 Å². The molecule has 5 aromatic rings. The van der Waals surface area contributed by atoms with E-state index in [0.29, 0.717) is 11.2 Å². The summed E-state index contributed by atoms with van der Waals surface area (Å²) in [6.45, 7) is 4.08. The first kappa shape index (κ1) is 20.2. The Bertz CT molecular complexity index is 1430. The summed E-state index contributed by atoms with van der Waals surface area (Å²) in [6.07, 6.45) is 0. The topological polar surface area (TPSA) is 76.5 Å². The van der Waals surface area contributed by atoms with Crippen LogP contribution >= 0.6 is 34.4 Å². The highest BCUT2D eigenvalue weighted by molar-refractivity contribution is 7.99. The van der Waals surface area contributed by atoms with Crippen molar-refractivity contribution >= 4 is 44.7 Å². The molecule has 0 saturated heterocycles. The van der Waals surface area contributed by atoms with Crippen molar-refractivity contribution in [1.29, 1.82) is 0 Å². The molecule has 5 rings (SSSR count). The fourth-order valence-electron chi connectivity index (χ4n) is 3.44. The smallest absolute Gasteiger partial charge is 0.260 e. The Morgan fingerprint density at radius 3 is 2.81 bits per heavy atom. The predicted molar refractivity (Wildman–Crippen MR) is 129 cm³/mol. The zero-order chi connectivity index (χ0) is 21.5. The largest absolute Gasteiger partial charge is 0.309 e. The van der Waals surface area contributed by atoms with E-state index >= 15 is 0 Å². The zero-order valence-electron chi connectivity index (χ0n) is 17.1. The summed E-state index contributed by atoms with van der Waals surface area (Å²) in [7, 11) is 1.96. The van der Waals surface area contributed by atoms with Crippen LogP contribution in [0.2, 0.25) is 0 Å². The molecule has 0 aliphatic rings. The summed E-state index contributed by atoms with van der Waals surface area (Å²) in [4.78, 5) is 22.5. The van der Waals surface area contributed by atoms with Gasteiger partial charge in [0.2, 0.25) is 0 Å². The number of H-pyrrole nitrogens is 1. The molecule has 1 unspecified atom stereocenters. The van der Waals surface area contributed by atoms with Crippen molar-refractivity contribution in [1.82, 2.24) is 24.7 Å². The monoisotopic (exact) mass is 465 g/mol. The molecule has 6 nitrogen and oxygen atoms in total. The molecule has 1 aromatic carbocycles. The normalized spacial score (nSPS) is 12.5. The number of aromatic amines is 1. The number of hydrogen-bond acceptors (Lipinski definition) is 7. The number of hydrogen-bond donors (Lipinski definition) is 1. The third-order valence-corrected chi connectivity index (χ3v) is 7.95. The van der Waals surface area contributed by atoms with Crippen molar-refractivity contribution in [3.8, 4) is 21.8 Å². The molecular formula is C22H19N5OS3. The van der Waals surface area contributed by atoms with Crippen molar-refractivity contribution in [2.75, 3.05) is 0 Å². The highest BCUT2D eigenvalue weighted by Crippen LogP contribution is 2.36. The maximum absolute atomic E-state index is 12.9. The number of fused-ring (bicyclic) bond motifs is 1. The van der Waals surface area contributed by atoms with Crippen LogP contribution in [0.4, 0.5) is 0 Å². The van der Waals surface area contributed by atoms with E-state index in [2.05, 4.69) is 34.2 Å². The molecule has 0 aliphatic heterocycles. The maximum atomic E-state index is 12.9. The molecule has 0 bridgehead atoms. The van der Waals surface area contributed by atoms with E-state index in [9.17, 15) is 4.79 Å². The van der Waals surface area contributed by atoms with E-state index in [1.165, 1.54) is 28.7 Å². The fourth-order valence-corrected chi connectivity index (χ4v) is 6.08. The van der Waals surface area contributed by atoms with Crippen LogP contribution in [-0.2, 0) is 7.05 Å². The standard InChI is InChI=1S/C22H19N5OS3/c1-12-6-4-7-14(10-12)19-25-26-22(27(19)3)31-13(2)18-23-20(28)17-15(11-30-21(17)24-18)16-8-5-9-29-16/h4-11,13H,1-3H3,(H,23,24,28). The zero-order valence-corrected chi connectivity index (χ0v) is 19.6.